The van der Waals surface area contributed by atoms with Gasteiger partial charge in [0.05, 0.1) is 36.7 Å². The normalized spacial score (nSPS) is 12.9. The zero-order chi connectivity index (χ0) is 26.2. The van der Waals surface area contributed by atoms with Gasteiger partial charge in [-0.1, -0.05) is 47.5 Å². The van der Waals surface area contributed by atoms with E-state index in [-0.39, 0.29) is 36.0 Å². The van der Waals surface area contributed by atoms with E-state index in [9.17, 15) is 16.8 Å². The van der Waals surface area contributed by atoms with Gasteiger partial charge in [0, 0.05) is 6.42 Å². The van der Waals surface area contributed by atoms with Crippen LogP contribution in [0.3, 0.4) is 0 Å². The Morgan fingerprint density at radius 1 is 0.722 bits per heavy atom. The summed E-state index contributed by atoms with van der Waals surface area (Å²) in [5, 5.41) is 0. The van der Waals surface area contributed by atoms with E-state index in [1.54, 1.807) is 43.5 Å². The Bertz CT molecular complexity index is 1320. The van der Waals surface area contributed by atoms with E-state index >= 15 is 0 Å². The molecule has 0 saturated carbocycles. The summed E-state index contributed by atoms with van der Waals surface area (Å²) in [4.78, 5) is 0.0232. The lowest BCUT2D eigenvalue weighted by Gasteiger charge is -2.18. The summed E-state index contributed by atoms with van der Waals surface area (Å²) in [6.07, 6.45) is -0.999. The molecule has 36 heavy (non-hydrogen) atoms. The minimum atomic E-state index is -4.10. The quantitative estimate of drug-likeness (QED) is 0.297. The molecule has 0 unspecified atom stereocenters. The van der Waals surface area contributed by atoms with Gasteiger partial charge in [-0.15, -0.1) is 0 Å². The fourth-order valence-corrected chi connectivity index (χ4v) is 5.20. The first-order valence-corrected chi connectivity index (χ1v) is 14.1. The molecule has 0 aromatic heterocycles. The molecular formula is C26H30O8S2. The monoisotopic (exact) mass is 534 g/mol. The van der Waals surface area contributed by atoms with Gasteiger partial charge in [-0.3, -0.25) is 8.37 Å². The van der Waals surface area contributed by atoms with Crippen molar-refractivity contribution in [2.24, 2.45) is 0 Å². The molecule has 0 bridgehead atoms. The minimum Gasteiger partial charge on any atom is -0.497 e. The molecule has 0 spiro atoms. The number of methoxy groups -OCH3 is 1. The Kier molecular flexibility index (Phi) is 9.63. The van der Waals surface area contributed by atoms with Crippen molar-refractivity contribution < 1.29 is 34.7 Å². The molecule has 0 radical (unpaired) electrons. The van der Waals surface area contributed by atoms with Crippen molar-refractivity contribution in [2.45, 2.75) is 42.8 Å². The minimum absolute atomic E-state index is 0.00134. The van der Waals surface area contributed by atoms with E-state index in [4.69, 9.17) is 17.8 Å². The highest BCUT2D eigenvalue weighted by Gasteiger charge is 2.24. The van der Waals surface area contributed by atoms with Crippen molar-refractivity contribution in [1.82, 2.24) is 0 Å². The van der Waals surface area contributed by atoms with Crippen LogP contribution in [0.2, 0.25) is 0 Å². The largest absolute Gasteiger partial charge is 0.497 e. The van der Waals surface area contributed by atoms with Gasteiger partial charge in [0.15, 0.2) is 0 Å². The first kappa shape index (κ1) is 27.8. The summed E-state index contributed by atoms with van der Waals surface area (Å²) < 4.78 is 72.0. The summed E-state index contributed by atoms with van der Waals surface area (Å²) in [7, 11) is -6.53. The molecule has 0 saturated heterocycles. The summed E-state index contributed by atoms with van der Waals surface area (Å²) in [5.74, 6) is 0.705. The summed E-state index contributed by atoms with van der Waals surface area (Å²) in [6.45, 7) is 3.52. The molecule has 10 heteroatoms. The lowest BCUT2D eigenvalue weighted by molar-refractivity contribution is 0.0347. The molecule has 3 rings (SSSR count). The van der Waals surface area contributed by atoms with E-state index in [0.717, 1.165) is 16.7 Å². The van der Waals surface area contributed by atoms with Crippen molar-refractivity contribution in [1.29, 1.82) is 0 Å². The molecule has 0 heterocycles. The fourth-order valence-electron chi connectivity index (χ4n) is 3.19. The molecule has 8 nitrogen and oxygen atoms in total. The van der Waals surface area contributed by atoms with Gasteiger partial charge in [-0.25, -0.2) is 0 Å². The molecule has 1 atom stereocenters. The average molecular weight is 535 g/mol. The zero-order valence-electron chi connectivity index (χ0n) is 20.4. The van der Waals surface area contributed by atoms with Crippen LogP contribution in [0, 0.1) is 13.8 Å². The Morgan fingerprint density at radius 2 is 1.25 bits per heavy atom. The maximum atomic E-state index is 12.8. The predicted octanol–water partition coefficient (Wildman–Crippen LogP) is 4.40. The molecule has 0 fully saturated rings. The number of hydrogen-bond donors (Lipinski definition) is 0. The van der Waals surface area contributed by atoms with Crippen LogP contribution in [0.5, 0.6) is 5.75 Å². The van der Waals surface area contributed by atoms with Crippen LogP contribution in [0.15, 0.2) is 82.6 Å². The standard InChI is InChI=1S/C26H30O8S2/c1-20-4-12-25(13-5-20)35(27,28)33-17-16-24(19-32-18-22-8-10-23(31-3)11-9-22)34-36(29,30)26-14-6-21(2)7-15-26/h4-15,24H,16-19H2,1-3H3/t24-/m1/s1. The number of rotatable bonds is 13. The average Bonchev–Trinajstić information content (AvgIpc) is 2.84. The van der Waals surface area contributed by atoms with Gasteiger partial charge in [0.2, 0.25) is 0 Å². The molecule has 0 aliphatic carbocycles. The molecule has 3 aromatic carbocycles. The Hall–Kier alpha value is -2.76. The van der Waals surface area contributed by atoms with Crippen LogP contribution in [0.1, 0.15) is 23.1 Å². The molecule has 0 amide bonds. The van der Waals surface area contributed by atoms with E-state index in [0.29, 0.717) is 5.75 Å². The molecule has 0 aliphatic rings. The third-order valence-electron chi connectivity index (χ3n) is 5.29. The van der Waals surface area contributed by atoms with Gasteiger partial charge in [0.1, 0.15) is 11.9 Å². The summed E-state index contributed by atoms with van der Waals surface area (Å²) in [6, 6.07) is 19.7. The highest BCUT2D eigenvalue weighted by Crippen LogP contribution is 2.19. The highest BCUT2D eigenvalue weighted by atomic mass is 32.2. The first-order valence-electron chi connectivity index (χ1n) is 11.3. The summed E-state index contributed by atoms with van der Waals surface area (Å²) >= 11 is 0. The Labute approximate surface area is 213 Å². The smallest absolute Gasteiger partial charge is 0.297 e. The van der Waals surface area contributed by atoms with Crippen LogP contribution in [0.25, 0.3) is 0 Å². The van der Waals surface area contributed by atoms with Gasteiger partial charge in [-0.05, 0) is 55.8 Å². The second-order valence-electron chi connectivity index (χ2n) is 8.23. The predicted molar refractivity (Wildman–Crippen MR) is 135 cm³/mol. The SMILES string of the molecule is COc1ccc(COC[C@@H](CCOS(=O)(=O)c2ccc(C)cc2)OS(=O)(=O)c2ccc(C)cc2)cc1. The Balaban J connectivity index is 1.66. The number of aryl methyl sites for hydroxylation is 2. The van der Waals surface area contributed by atoms with Gasteiger partial charge in [-0.2, -0.15) is 16.8 Å². The van der Waals surface area contributed by atoms with E-state index in [2.05, 4.69) is 0 Å². The van der Waals surface area contributed by atoms with Crippen LogP contribution >= 0.6 is 0 Å². The number of ether oxygens (including phenoxy) is 2. The van der Waals surface area contributed by atoms with Crippen molar-refractivity contribution in [3.63, 3.8) is 0 Å². The van der Waals surface area contributed by atoms with E-state index < -0.39 is 26.3 Å². The number of benzene rings is 3. The van der Waals surface area contributed by atoms with Gasteiger partial charge in [0.25, 0.3) is 20.2 Å². The van der Waals surface area contributed by atoms with Crippen LogP contribution < -0.4 is 4.74 Å². The second-order valence-corrected chi connectivity index (χ2v) is 11.4. The first-order chi connectivity index (χ1) is 17.1. The maximum Gasteiger partial charge on any atom is 0.297 e. The van der Waals surface area contributed by atoms with Crippen molar-refractivity contribution in [3.8, 4) is 5.75 Å². The van der Waals surface area contributed by atoms with Crippen molar-refractivity contribution in [2.75, 3.05) is 20.3 Å². The lowest BCUT2D eigenvalue weighted by Crippen LogP contribution is -2.26. The third kappa shape index (κ3) is 8.14. The van der Waals surface area contributed by atoms with Crippen LogP contribution in [-0.4, -0.2) is 43.3 Å². The number of hydrogen-bond acceptors (Lipinski definition) is 8. The second kappa shape index (κ2) is 12.5. The fraction of sp³-hybridized carbons (Fsp3) is 0.308. The van der Waals surface area contributed by atoms with E-state index in [1.165, 1.54) is 24.3 Å². The zero-order valence-corrected chi connectivity index (χ0v) is 22.0. The van der Waals surface area contributed by atoms with Gasteiger partial charge < -0.3 is 9.47 Å². The van der Waals surface area contributed by atoms with Crippen LogP contribution in [0.4, 0.5) is 0 Å². The van der Waals surface area contributed by atoms with Crippen LogP contribution in [-0.2, 0) is 39.9 Å². The van der Waals surface area contributed by atoms with Gasteiger partial charge >= 0.3 is 0 Å². The maximum absolute atomic E-state index is 12.8. The molecule has 194 valence electrons. The molecule has 0 N–H and O–H groups in total. The van der Waals surface area contributed by atoms with Crippen molar-refractivity contribution >= 4 is 20.2 Å². The topological polar surface area (TPSA) is 105 Å². The van der Waals surface area contributed by atoms with E-state index in [1.807, 2.05) is 26.0 Å². The van der Waals surface area contributed by atoms with Crippen molar-refractivity contribution in [3.05, 3.63) is 89.5 Å². The Morgan fingerprint density at radius 3 is 1.78 bits per heavy atom. The molecular weight excluding hydrogens is 504 g/mol. The third-order valence-corrected chi connectivity index (χ3v) is 7.99. The highest BCUT2D eigenvalue weighted by molar-refractivity contribution is 7.87. The molecule has 0 aliphatic heterocycles. The molecule has 3 aromatic rings. The summed E-state index contributed by atoms with van der Waals surface area (Å²) in [5.41, 5.74) is 2.68. The lowest BCUT2D eigenvalue weighted by atomic mass is 10.2.